The molecule has 0 saturated carbocycles. The SMILES string of the molecule is c1ccc2c(-c3ccc(-n4c5ccccc5c5c6c7ccccc7n(-c7ccc(-c8cccc9ccccc89)cc7)c6ccc54)cc3)cccc2c1. The van der Waals surface area contributed by atoms with Crippen molar-refractivity contribution < 1.29 is 0 Å². The molecular weight excluding hydrogens is 629 g/mol. The first-order chi connectivity index (χ1) is 25.8. The molecule has 2 heteroatoms. The van der Waals surface area contributed by atoms with Crippen LogP contribution in [0.1, 0.15) is 0 Å². The normalized spacial score (nSPS) is 11.8. The van der Waals surface area contributed by atoms with Crippen molar-refractivity contribution in [1.29, 1.82) is 0 Å². The fraction of sp³-hybridized carbons (Fsp3) is 0. The van der Waals surface area contributed by atoms with Gasteiger partial charge in [0.25, 0.3) is 0 Å². The zero-order chi connectivity index (χ0) is 34.2. The Morgan fingerprint density at radius 2 is 0.615 bits per heavy atom. The van der Waals surface area contributed by atoms with Gasteiger partial charge in [-0.05, 0) is 92.3 Å². The second-order valence-electron chi connectivity index (χ2n) is 13.7. The summed E-state index contributed by atoms with van der Waals surface area (Å²) >= 11 is 0. The lowest BCUT2D eigenvalue weighted by atomic mass is 9.98. The van der Waals surface area contributed by atoms with Crippen molar-refractivity contribution >= 4 is 65.2 Å². The van der Waals surface area contributed by atoms with Gasteiger partial charge in [0.1, 0.15) is 0 Å². The summed E-state index contributed by atoms with van der Waals surface area (Å²) in [7, 11) is 0. The molecule has 0 aliphatic rings. The molecule has 2 heterocycles. The molecule has 242 valence electrons. The highest BCUT2D eigenvalue weighted by molar-refractivity contribution is 6.29. The number of benzene rings is 9. The van der Waals surface area contributed by atoms with E-state index in [0.717, 1.165) is 11.4 Å². The molecule has 0 amide bonds. The van der Waals surface area contributed by atoms with E-state index in [1.54, 1.807) is 0 Å². The van der Waals surface area contributed by atoms with E-state index in [4.69, 9.17) is 0 Å². The van der Waals surface area contributed by atoms with Gasteiger partial charge >= 0.3 is 0 Å². The Balaban J connectivity index is 1.10. The Hall–Kier alpha value is -6.90. The lowest BCUT2D eigenvalue weighted by molar-refractivity contribution is 1.17. The van der Waals surface area contributed by atoms with Crippen molar-refractivity contribution in [1.82, 2.24) is 9.13 Å². The maximum absolute atomic E-state index is 2.43. The van der Waals surface area contributed by atoms with Gasteiger partial charge in [-0.2, -0.15) is 0 Å². The van der Waals surface area contributed by atoms with Crippen molar-refractivity contribution in [2.24, 2.45) is 0 Å². The molecule has 0 fully saturated rings. The number of hydrogen-bond acceptors (Lipinski definition) is 0. The molecule has 2 aromatic heterocycles. The van der Waals surface area contributed by atoms with Crippen molar-refractivity contribution in [3.05, 3.63) is 194 Å². The van der Waals surface area contributed by atoms with Crippen LogP contribution in [0.15, 0.2) is 194 Å². The summed E-state index contributed by atoms with van der Waals surface area (Å²) in [4.78, 5) is 0. The molecule has 0 atom stereocenters. The molecule has 0 aliphatic carbocycles. The minimum absolute atomic E-state index is 1.15. The number of fused-ring (bicyclic) bond motifs is 9. The summed E-state index contributed by atoms with van der Waals surface area (Å²) < 4.78 is 4.87. The van der Waals surface area contributed by atoms with Crippen LogP contribution < -0.4 is 0 Å². The average molecular weight is 661 g/mol. The van der Waals surface area contributed by atoms with Crippen molar-refractivity contribution in [2.45, 2.75) is 0 Å². The molecule has 0 bridgehead atoms. The third kappa shape index (κ3) is 4.25. The summed E-state index contributed by atoms with van der Waals surface area (Å²) in [5, 5.41) is 10.2. The van der Waals surface area contributed by atoms with Gasteiger partial charge in [-0.25, -0.2) is 0 Å². The van der Waals surface area contributed by atoms with Crippen molar-refractivity contribution in [3.8, 4) is 33.6 Å². The van der Waals surface area contributed by atoms with Crippen LogP contribution in [-0.2, 0) is 0 Å². The quantitative estimate of drug-likeness (QED) is 0.178. The Morgan fingerprint density at radius 1 is 0.250 bits per heavy atom. The van der Waals surface area contributed by atoms with Gasteiger partial charge in [-0.1, -0.05) is 146 Å². The van der Waals surface area contributed by atoms with Crippen LogP contribution in [0, 0.1) is 0 Å². The fourth-order valence-electron chi connectivity index (χ4n) is 8.61. The highest BCUT2D eigenvalue weighted by Gasteiger charge is 2.20. The maximum Gasteiger partial charge on any atom is 0.0548 e. The Kier molecular flexibility index (Phi) is 6.28. The van der Waals surface area contributed by atoms with E-state index in [9.17, 15) is 0 Å². The van der Waals surface area contributed by atoms with Gasteiger partial charge in [-0.15, -0.1) is 0 Å². The van der Waals surface area contributed by atoms with Crippen LogP contribution in [0.2, 0.25) is 0 Å². The highest BCUT2D eigenvalue weighted by Crippen LogP contribution is 2.43. The van der Waals surface area contributed by atoms with E-state index >= 15 is 0 Å². The summed E-state index contributed by atoms with van der Waals surface area (Å²) in [5.74, 6) is 0. The van der Waals surface area contributed by atoms with Gasteiger partial charge in [0.15, 0.2) is 0 Å². The molecule has 52 heavy (non-hydrogen) atoms. The smallest absolute Gasteiger partial charge is 0.0548 e. The predicted octanol–water partition coefficient (Wildman–Crippen LogP) is 13.5. The summed E-state index contributed by atoms with van der Waals surface area (Å²) in [5.41, 5.74) is 12.1. The van der Waals surface area contributed by atoms with E-state index in [0.29, 0.717) is 0 Å². The van der Waals surface area contributed by atoms with Crippen molar-refractivity contribution in [2.75, 3.05) is 0 Å². The van der Waals surface area contributed by atoms with Crippen LogP contribution in [0.25, 0.3) is 98.8 Å². The molecule has 11 rings (SSSR count). The number of rotatable bonds is 4. The molecule has 2 nitrogen and oxygen atoms in total. The van der Waals surface area contributed by atoms with Crippen LogP contribution in [0.5, 0.6) is 0 Å². The molecule has 0 saturated heterocycles. The first kappa shape index (κ1) is 28.9. The predicted molar refractivity (Wildman–Crippen MR) is 221 cm³/mol. The molecule has 0 unspecified atom stereocenters. The van der Waals surface area contributed by atoms with E-state index in [-0.39, 0.29) is 0 Å². The molecule has 0 N–H and O–H groups in total. The second kappa shape index (κ2) is 11.3. The number of aromatic nitrogens is 2. The van der Waals surface area contributed by atoms with Gasteiger partial charge in [0.2, 0.25) is 0 Å². The number of hydrogen-bond donors (Lipinski definition) is 0. The zero-order valence-corrected chi connectivity index (χ0v) is 28.4. The lowest BCUT2D eigenvalue weighted by Crippen LogP contribution is -1.95. The summed E-state index contributed by atoms with van der Waals surface area (Å²) in [6.45, 7) is 0. The monoisotopic (exact) mass is 660 g/mol. The van der Waals surface area contributed by atoms with Crippen LogP contribution in [0.4, 0.5) is 0 Å². The second-order valence-corrected chi connectivity index (χ2v) is 13.7. The fourth-order valence-corrected chi connectivity index (χ4v) is 8.61. The topological polar surface area (TPSA) is 9.86 Å². The van der Waals surface area contributed by atoms with E-state index < -0.39 is 0 Å². The lowest BCUT2D eigenvalue weighted by Gasteiger charge is -2.12. The van der Waals surface area contributed by atoms with Gasteiger partial charge in [0.05, 0.1) is 22.1 Å². The van der Waals surface area contributed by atoms with E-state index in [2.05, 4.69) is 203 Å². The molecule has 0 spiro atoms. The highest BCUT2D eigenvalue weighted by atomic mass is 15.0. The molecule has 0 radical (unpaired) electrons. The first-order valence-corrected chi connectivity index (χ1v) is 17.9. The largest absolute Gasteiger partial charge is 0.309 e. The van der Waals surface area contributed by atoms with Crippen LogP contribution in [0.3, 0.4) is 0 Å². The standard InChI is InChI=1S/C50H32N2/c1-3-15-39-33(11-1)13-9-19-41(39)35-23-27-37(28-24-35)51-45-21-7-5-17-43(45)49-47(51)31-32-48-50(49)44-18-6-8-22-46(44)52(48)38-29-25-36(26-30-38)42-20-10-14-34-12-2-4-16-40(34)42/h1-32H. The minimum Gasteiger partial charge on any atom is -0.309 e. The number of nitrogens with zero attached hydrogens (tertiary/aromatic N) is 2. The third-order valence-electron chi connectivity index (χ3n) is 10.9. The average Bonchev–Trinajstić information content (AvgIpc) is 3.73. The minimum atomic E-state index is 1.15. The molecule has 0 aliphatic heterocycles. The van der Waals surface area contributed by atoms with Gasteiger partial charge < -0.3 is 9.13 Å². The molecule has 9 aromatic carbocycles. The molecular formula is C50H32N2. The van der Waals surface area contributed by atoms with E-state index in [1.807, 2.05) is 0 Å². The summed E-state index contributed by atoms with van der Waals surface area (Å²) in [6, 6.07) is 70.9. The Labute approximate surface area is 301 Å². The molecule has 11 aromatic rings. The van der Waals surface area contributed by atoms with Crippen LogP contribution >= 0.6 is 0 Å². The van der Waals surface area contributed by atoms with Gasteiger partial charge in [0, 0.05) is 32.9 Å². The Morgan fingerprint density at radius 3 is 1.06 bits per heavy atom. The van der Waals surface area contributed by atoms with Crippen LogP contribution in [-0.4, -0.2) is 9.13 Å². The van der Waals surface area contributed by atoms with Crippen molar-refractivity contribution in [3.63, 3.8) is 0 Å². The Bertz CT molecular complexity index is 2930. The summed E-state index contributed by atoms with van der Waals surface area (Å²) in [6.07, 6.45) is 0. The zero-order valence-electron chi connectivity index (χ0n) is 28.4. The first-order valence-electron chi connectivity index (χ1n) is 17.9. The third-order valence-corrected chi connectivity index (χ3v) is 10.9. The van der Waals surface area contributed by atoms with Gasteiger partial charge in [-0.3, -0.25) is 0 Å². The number of para-hydroxylation sites is 2. The van der Waals surface area contributed by atoms with E-state index in [1.165, 1.54) is 87.4 Å². The maximum atomic E-state index is 2.43.